The number of amides is 1. The topological polar surface area (TPSA) is 77.8 Å². The van der Waals surface area contributed by atoms with E-state index in [1.165, 1.54) is 12.1 Å². The average molecular weight is 309 g/mol. The van der Waals surface area contributed by atoms with Crippen LogP contribution >= 0.6 is 18.9 Å². The molecule has 1 aliphatic heterocycles. The van der Waals surface area contributed by atoms with Gasteiger partial charge in [0.05, 0.1) is 4.88 Å². The Morgan fingerprint density at radius 3 is 2.65 bits per heavy atom. The minimum absolute atomic E-state index is 0.0756. The number of fused-ring (bicyclic) bond motifs is 1. The summed E-state index contributed by atoms with van der Waals surface area (Å²) < 4.78 is 11.1. The van der Waals surface area contributed by atoms with Crippen molar-refractivity contribution in [2.24, 2.45) is 0 Å². The number of hydrogen-bond donors (Lipinski definition) is 2. The molecule has 20 heavy (non-hydrogen) atoms. The van der Waals surface area contributed by atoms with Gasteiger partial charge >= 0.3 is 7.60 Å². The summed E-state index contributed by atoms with van der Waals surface area (Å²) >= 11 is 0.855. The quantitative estimate of drug-likeness (QED) is 0.829. The standard InChI is InChI=1S/C13H12NO4PS/c15-13(11-5-6-12(20-11)19(16,17)18)14-8-7-9-3-1-2-4-10(9)14/h1-6H,7-8H2,(H2,16,17,18). The molecular formula is C13H12NO4PS. The molecule has 1 aromatic heterocycles. The lowest BCUT2D eigenvalue weighted by atomic mass is 10.2. The number of para-hydroxylation sites is 1. The van der Waals surface area contributed by atoms with Crippen molar-refractivity contribution in [1.82, 2.24) is 0 Å². The Balaban J connectivity index is 1.91. The molecule has 0 bridgehead atoms. The predicted molar refractivity (Wildman–Crippen MR) is 77.8 cm³/mol. The molecule has 0 aliphatic carbocycles. The van der Waals surface area contributed by atoms with E-state index in [1.54, 1.807) is 4.90 Å². The molecule has 1 aromatic carbocycles. The monoisotopic (exact) mass is 309 g/mol. The molecular weight excluding hydrogens is 297 g/mol. The third kappa shape index (κ3) is 2.31. The molecule has 0 radical (unpaired) electrons. The van der Waals surface area contributed by atoms with Gasteiger partial charge in [0.1, 0.15) is 4.62 Å². The van der Waals surface area contributed by atoms with Crippen molar-refractivity contribution in [1.29, 1.82) is 0 Å². The van der Waals surface area contributed by atoms with Crippen LogP contribution in [-0.2, 0) is 11.0 Å². The van der Waals surface area contributed by atoms with Gasteiger partial charge in [0.2, 0.25) is 0 Å². The summed E-state index contributed by atoms with van der Waals surface area (Å²) in [6.45, 7) is 0.599. The molecule has 104 valence electrons. The Hall–Kier alpha value is -1.46. The summed E-state index contributed by atoms with van der Waals surface area (Å²) in [5.74, 6) is -0.209. The Bertz CT molecular complexity index is 721. The van der Waals surface area contributed by atoms with Gasteiger partial charge in [-0.3, -0.25) is 9.36 Å². The van der Waals surface area contributed by atoms with Gasteiger partial charge in [-0.15, -0.1) is 11.3 Å². The van der Waals surface area contributed by atoms with Crippen LogP contribution in [0.15, 0.2) is 36.4 Å². The minimum Gasteiger partial charge on any atom is -0.320 e. The molecule has 0 spiro atoms. The van der Waals surface area contributed by atoms with E-state index >= 15 is 0 Å². The van der Waals surface area contributed by atoms with Crippen molar-refractivity contribution in [2.45, 2.75) is 6.42 Å². The normalized spacial score (nSPS) is 14.4. The summed E-state index contributed by atoms with van der Waals surface area (Å²) in [6.07, 6.45) is 0.804. The second-order valence-electron chi connectivity index (χ2n) is 4.52. The van der Waals surface area contributed by atoms with E-state index in [9.17, 15) is 9.36 Å². The van der Waals surface area contributed by atoms with E-state index in [1.807, 2.05) is 24.3 Å². The van der Waals surface area contributed by atoms with Crippen LogP contribution in [0.2, 0.25) is 0 Å². The number of benzene rings is 1. The first-order valence-electron chi connectivity index (χ1n) is 6.02. The van der Waals surface area contributed by atoms with Crippen LogP contribution in [-0.4, -0.2) is 22.2 Å². The van der Waals surface area contributed by atoms with Crippen molar-refractivity contribution in [2.75, 3.05) is 11.4 Å². The van der Waals surface area contributed by atoms with Gasteiger partial charge in [-0.25, -0.2) is 0 Å². The zero-order valence-corrected chi connectivity index (χ0v) is 12.1. The molecule has 5 nitrogen and oxygen atoms in total. The molecule has 1 aliphatic rings. The van der Waals surface area contributed by atoms with Crippen molar-refractivity contribution in [3.63, 3.8) is 0 Å². The zero-order chi connectivity index (χ0) is 14.3. The van der Waals surface area contributed by atoms with Gasteiger partial charge in [-0.1, -0.05) is 18.2 Å². The smallest absolute Gasteiger partial charge is 0.320 e. The number of nitrogens with zero attached hydrogens (tertiary/aromatic N) is 1. The van der Waals surface area contributed by atoms with Gasteiger partial charge in [-0.2, -0.15) is 0 Å². The number of hydrogen-bond acceptors (Lipinski definition) is 3. The molecule has 0 fully saturated rings. The zero-order valence-electron chi connectivity index (χ0n) is 10.4. The molecule has 2 N–H and O–H groups in total. The summed E-state index contributed by atoms with van der Waals surface area (Å²) in [5.41, 5.74) is 2.00. The van der Waals surface area contributed by atoms with E-state index < -0.39 is 7.60 Å². The highest BCUT2D eigenvalue weighted by Gasteiger charge is 2.28. The predicted octanol–water partition coefficient (Wildman–Crippen LogP) is 1.75. The summed E-state index contributed by atoms with van der Waals surface area (Å²) in [6, 6.07) is 10.5. The third-order valence-corrected chi connectivity index (χ3v) is 5.81. The Labute approximate surface area is 119 Å². The van der Waals surface area contributed by atoms with E-state index in [2.05, 4.69) is 0 Å². The van der Waals surface area contributed by atoms with Gasteiger partial charge in [0.15, 0.2) is 0 Å². The van der Waals surface area contributed by atoms with Crippen LogP contribution in [0.3, 0.4) is 0 Å². The van der Waals surface area contributed by atoms with Gasteiger partial charge in [-0.05, 0) is 30.2 Å². The number of thiophene rings is 1. The Kier molecular flexibility index (Phi) is 3.26. The van der Waals surface area contributed by atoms with Crippen LogP contribution in [0.5, 0.6) is 0 Å². The molecule has 0 saturated heterocycles. The van der Waals surface area contributed by atoms with Crippen molar-refractivity contribution >= 4 is 35.1 Å². The Morgan fingerprint density at radius 1 is 1.20 bits per heavy atom. The average Bonchev–Trinajstić information content (AvgIpc) is 3.04. The maximum atomic E-state index is 12.4. The number of anilines is 1. The highest BCUT2D eigenvalue weighted by molar-refractivity contribution is 7.67. The lowest BCUT2D eigenvalue weighted by Gasteiger charge is -2.16. The maximum Gasteiger partial charge on any atom is 0.366 e. The fourth-order valence-corrected chi connectivity index (χ4v) is 4.02. The molecule has 2 heterocycles. The van der Waals surface area contributed by atoms with E-state index in [4.69, 9.17) is 9.79 Å². The number of carbonyl (C=O) groups is 1. The highest BCUT2D eigenvalue weighted by Crippen LogP contribution is 2.37. The SMILES string of the molecule is O=C(c1ccc(P(=O)(O)O)s1)N1CCc2ccccc21. The first-order chi connectivity index (χ1) is 9.47. The second kappa shape index (κ2) is 4.82. The Morgan fingerprint density at radius 2 is 1.95 bits per heavy atom. The van der Waals surface area contributed by atoms with E-state index in [0.717, 1.165) is 29.0 Å². The molecule has 7 heteroatoms. The summed E-state index contributed by atoms with van der Waals surface area (Å²) in [7, 11) is -4.29. The first-order valence-corrected chi connectivity index (χ1v) is 8.45. The van der Waals surface area contributed by atoms with Crippen molar-refractivity contribution in [3.8, 4) is 0 Å². The number of carbonyl (C=O) groups excluding carboxylic acids is 1. The molecule has 0 unspecified atom stereocenters. The summed E-state index contributed by atoms with van der Waals surface area (Å²) in [4.78, 5) is 32.6. The first kappa shape index (κ1) is 13.5. The van der Waals surface area contributed by atoms with E-state index in [0.29, 0.717) is 11.4 Å². The van der Waals surface area contributed by atoms with Crippen LogP contribution < -0.4 is 9.52 Å². The van der Waals surface area contributed by atoms with Crippen molar-refractivity contribution in [3.05, 3.63) is 46.8 Å². The second-order valence-corrected chi connectivity index (χ2v) is 7.47. The largest absolute Gasteiger partial charge is 0.366 e. The fraction of sp³-hybridized carbons (Fsp3) is 0.154. The molecule has 2 aromatic rings. The maximum absolute atomic E-state index is 12.4. The molecule has 1 amide bonds. The van der Waals surface area contributed by atoms with Crippen LogP contribution in [0, 0.1) is 0 Å². The number of rotatable bonds is 2. The van der Waals surface area contributed by atoms with Gasteiger partial charge in [0.25, 0.3) is 5.91 Å². The van der Waals surface area contributed by atoms with Gasteiger partial charge < -0.3 is 14.7 Å². The molecule has 0 atom stereocenters. The lowest BCUT2D eigenvalue weighted by molar-refractivity contribution is 0.0993. The van der Waals surface area contributed by atoms with Crippen LogP contribution in [0.4, 0.5) is 5.69 Å². The third-order valence-electron chi connectivity index (χ3n) is 3.22. The van der Waals surface area contributed by atoms with Crippen molar-refractivity contribution < 1.29 is 19.1 Å². The van der Waals surface area contributed by atoms with E-state index in [-0.39, 0.29) is 10.5 Å². The van der Waals surface area contributed by atoms with Crippen LogP contribution in [0.1, 0.15) is 15.2 Å². The fourth-order valence-electron chi connectivity index (χ4n) is 2.28. The minimum atomic E-state index is -4.29. The summed E-state index contributed by atoms with van der Waals surface area (Å²) in [5, 5.41) is 0. The molecule has 0 saturated carbocycles. The highest BCUT2D eigenvalue weighted by atomic mass is 32.1. The lowest BCUT2D eigenvalue weighted by Crippen LogP contribution is -2.28. The van der Waals surface area contributed by atoms with Gasteiger partial charge in [0, 0.05) is 12.2 Å². The molecule has 3 rings (SSSR count). The van der Waals surface area contributed by atoms with Crippen LogP contribution in [0.25, 0.3) is 0 Å².